The summed E-state index contributed by atoms with van der Waals surface area (Å²) in [4.78, 5) is 4.96. The Morgan fingerprint density at radius 1 is 1.17 bits per heavy atom. The Bertz CT molecular complexity index is 472. The second kappa shape index (κ2) is 3.94. The highest BCUT2D eigenvalue weighted by Gasteiger charge is 2.59. The Morgan fingerprint density at radius 2 is 1.89 bits per heavy atom. The molecule has 18 heavy (non-hydrogen) atoms. The van der Waals surface area contributed by atoms with Crippen LogP contribution in [0.3, 0.4) is 0 Å². The molecule has 2 fully saturated rings. The largest absolute Gasteiger partial charge is 0.289 e. The van der Waals surface area contributed by atoms with Gasteiger partial charge in [-0.25, -0.2) is 0 Å². The molecule has 0 spiro atoms. The summed E-state index contributed by atoms with van der Waals surface area (Å²) in [6, 6.07) is 10.6. The van der Waals surface area contributed by atoms with Crippen LogP contribution in [-0.2, 0) is 6.54 Å². The number of hydrogen-bond acceptors (Lipinski definition) is 1. The lowest BCUT2D eigenvalue weighted by atomic mass is 9.70. The fraction of sp³-hybridized carbons (Fsp3) is 0.588. The molecule has 2 unspecified atom stereocenters. The molecule has 2 aliphatic rings. The van der Waals surface area contributed by atoms with E-state index in [1.807, 2.05) is 0 Å². The Kier molecular flexibility index (Phi) is 2.62. The predicted octanol–water partition coefficient (Wildman–Crippen LogP) is 4.47. The van der Waals surface area contributed by atoms with E-state index in [1.165, 1.54) is 30.5 Å². The van der Waals surface area contributed by atoms with Crippen molar-refractivity contribution in [2.75, 3.05) is 0 Å². The van der Waals surface area contributed by atoms with E-state index in [9.17, 15) is 0 Å². The molecule has 0 heterocycles. The molecule has 0 amide bonds. The monoisotopic (exact) mass is 241 g/mol. The standard InChI is InChI=1S/C17H23N/c1-16(2)14-9-10-17(16,3)15(11-14)18-12-13-7-5-4-6-8-13/h4-8,14H,9-12H2,1-3H3. The van der Waals surface area contributed by atoms with Crippen molar-refractivity contribution in [1.29, 1.82) is 0 Å². The van der Waals surface area contributed by atoms with Crippen molar-refractivity contribution in [2.24, 2.45) is 21.7 Å². The molecule has 1 aromatic rings. The highest BCUT2D eigenvalue weighted by molar-refractivity contribution is 5.94. The summed E-state index contributed by atoms with van der Waals surface area (Å²) in [5.41, 5.74) is 3.61. The molecule has 1 nitrogen and oxygen atoms in total. The van der Waals surface area contributed by atoms with Crippen LogP contribution in [-0.4, -0.2) is 5.71 Å². The van der Waals surface area contributed by atoms with Gasteiger partial charge < -0.3 is 0 Å². The van der Waals surface area contributed by atoms with Gasteiger partial charge in [0.1, 0.15) is 0 Å². The van der Waals surface area contributed by atoms with E-state index in [2.05, 4.69) is 51.1 Å². The van der Waals surface area contributed by atoms with Gasteiger partial charge in [0.25, 0.3) is 0 Å². The molecule has 2 aliphatic carbocycles. The predicted molar refractivity (Wildman–Crippen MR) is 76.8 cm³/mol. The summed E-state index contributed by atoms with van der Waals surface area (Å²) in [5, 5.41) is 0. The van der Waals surface area contributed by atoms with Gasteiger partial charge in [-0.05, 0) is 36.2 Å². The van der Waals surface area contributed by atoms with Gasteiger partial charge in [0.2, 0.25) is 0 Å². The maximum atomic E-state index is 4.96. The first-order valence-electron chi connectivity index (χ1n) is 7.12. The van der Waals surface area contributed by atoms with E-state index in [0.717, 1.165) is 12.5 Å². The van der Waals surface area contributed by atoms with Crippen LogP contribution in [0.4, 0.5) is 0 Å². The maximum Gasteiger partial charge on any atom is 0.0639 e. The first-order valence-corrected chi connectivity index (χ1v) is 7.12. The normalized spacial score (nSPS) is 35.3. The Hall–Kier alpha value is -1.11. The van der Waals surface area contributed by atoms with Crippen LogP contribution >= 0.6 is 0 Å². The second-order valence-electron chi connectivity index (χ2n) is 6.74. The number of hydrogen-bond donors (Lipinski definition) is 0. The highest BCUT2D eigenvalue weighted by atomic mass is 14.8. The average Bonchev–Trinajstić information content (AvgIpc) is 2.70. The third-order valence-corrected chi connectivity index (χ3v) is 5.81. The van der Waals surface area contributed by atoms with Crippen LogP contribution in [0.2, 0.25) is 0 Å². The number of nitrogens with zero attached hydrogens (tertiary/aromatic N) is 1. The topological polar surface area (TPSA) is 12.4 Å². The minimum absolute atomic E-state index is 0.354. The lowest BCUT2D eigenvalue weighted by Crippen LogP contribution is -2.32. The van der Waals surface area contributed by atoms with Crippen LogP contribution in [0, 0.1) is 16.7 Å². The fourth-order valence-electron chi connectivity index (χ4n) is 3.94. The summed E-state index contributed by atoms with van der Waals surface area (Å²) in [6.07, 6.45) is 3.96. The summed E-state index contributed by atoms with van der Waals surface area (Å²) >= 11 is 0. The first-order chi connectivity index (χ1) is 8.54. The quantitative estimate of drug-likeness (QED) is 0.724. The summed E-state index contributed by atoms with van der Waals surface area (Å²) in [5.74, 6) is 0.858. The molecule has 2 bridgehead atoms. The van der Waals surface area contributed by atoms with Gasteiger partial charge >= 0.3 is 0 Å². The van der Waals surface area contributed by atoms with Gasteiger partial charge in [0.05, 0.1) is 6.54 Å². The van der Waals surface area contributed by atoms with Gasteiger partial charge in [-0.2, -0.15) is 0 Å². The zero-order chi connectivity index (χ0) is 12.8. The van der Waals surface area contributed by atoms with Crippen molar-refractivity contribution in [3.8, 4) is 0 Å². The third kappa shape index (κ3) is 1.56. The van der Waals surface area contributed by atoms with Gasteiger partial charge in [0.15, 0.2) is 0 Å². The molecule has 0 radical (unpaired) electrons. The van der Waals surface area contributed by atoms with E-state index in [1.54, 1.807) is 0 Å². The van der Waals surface area contributed by atoms with Crippen LogP contribution in [0.1, 0.15) is 45.6 Å². The van der Waals surface area contributed by atoms with Crippen molar-refractivity contribution in [3.63, 3.8) is 0 Å². The van der Waals surface area contributed by atoms with Crippen LogP contribution in [0.15, 0.2) is 35.3 Å². The van der Waals surface area contributed by atoms with Gasteiger partial charge in [-0.15, -0.1) is 0 Å². The zero-order valence-electron chi connectivity index (χ0n) is 11.7. The lowest BCUT2D eigenvalue weighted by molar-refractivity contribution is 0.194. The van der Waals surface area contributed by atoms with Crippen molar-refractivity contribution in [1.82, 2.24) is 0 Å². The summed E-state index contributed by atoms with van der Waals surface area (Å²) < 4.78 is 0. The molecule has 1 heteroatoms. The minimum Gasteiger partial charge on any atom is -0.289 e. The van der Waals surface area contributed by atoms with Crippen LogP contribution in [0.5, 0.6) is 0 Å². The second-order valence-corrected chi connectivity index (χ2v) is 6.74. The summed E-state index contributed by atoms with van der Waals surface area (Å²) in [6.45, 7) is 8.17. The van der Waals surface area contributed by atoms with Crippen LogP contribution in [0.25, 0.3) is 0 Å². The molecular formula is C17H23N. The number of benzene rings is 1. The van der Waals surface area contributed by atoms with E-state index < -0.39 is 0 Å². The lowest BCUT2D eigenvalue weighted by Gasteiger charge is -2.34. The number of rotatable bonds is 2. The molecule has 0 aliphatic heterocycles. The van der Waals surface area contributed by atoms with Crippen molar-refractivity contribution in [3.05, 3.63) is 35.9 Å². The summed E-state index contributed by atoms with van der Waals surface area (Å²) in [7, 11) is 0. The molecule has 2 saturated carbocycles. The van der Waals surface area contributed by atoms with E-state index in [0.29, 0.717) is 10.8 Å². The van der Waals surface area contributed by atoms with Gasteiger partial charge in [-0.1, -0.05) is 51.1 Å². The molecule has 2 atom stereocenters. The molecule has 1 aromatic carbocycles. The average molecular weight is 241 g/mol. The van der Waals surface area contributed by atoms with E-state index in [4.69, 9.17) is 4.99 Å². The smallest absolute Gasteiger partial charge is 0.0639 e. The van der Waals surface area contributed by atoms with Crippen LogP contribution < -0.4 is 0 Å². The minimum atomic E-state index is 0.354. The molecule has 0 saturated heterocycles. The van der Waals surface area contributed by atoms with Gasteiger partial charge in [0, 0.05) is 11.1 Å². The Balaban J connectivity index is 1.83. The van der Waals surface area contributed by atoms with Gasteiger partial charge in [-0.3, -0.25) is 4.99 Å². The van der Waals surface area contributed by atoms with Crippen molar-refractivity contribution in [2.45, 2.75) is 46.6 Å². The third-order valence-electron chi connectivity index (χ3n) is 5.81. The molecule has 96 valence electrons. The Morgan fingerprint density at radius 3 is 2.44 bits per heavy atom. The molecular weight excluding hydrogens is 218 g/mol. The SMILES string of the molecule is CC12CCC(CC1=NCc1ccccc1)C2(C)C. The zero-order valence-corrected chi connectivity index (χ0v) is 11.7. The van der Waals surface area contributed by atoms with Crippen molar-refractivity contribution >= 4 is 5.71 Å². The number of fused-ring (bicyclic) bond motifs is 2. The maximum absolute atomic E-state index is 4.96. The highest BCUT2D eigenvalue weighted by Crippen LogP contribution is 2.64. The molecule has 0 N–H and O–H groups in total. The number of aliphatic imine (C=N–C) groups is 1. The first kappa shape index (κ1) is 12.0. The Labute approximate surface area is 110 Å². The van der Waals surface area contributed by atoms with E-state index in [-0.39, 0.29) is 0 Å². The van der Waals surface area contributed by atoms with E-state index >= 15 is 0 Å². The van der Waals surface area contributed by atoms with Crippen molar-refractivity contribution < 1.29 is 0 Å². The fourth-order valence-corrected chi connectivity index (χ4v) is 3.94. The molecule has 3 rings (SSSR count). The molecule has 0 aromatic heterocycles.